The van der Waals surface area contributed by atoms with E-state index < -0.39 is 22.1 Å². The number of carbonyl (C=O) groups is 2. The molecule has 1 amide bonds. The summed E-state index contributed by atoms with van der Waals surface area (Å²) in [7, 11) is 2.99. The van der Waals surface area contributed by atoms with Gasteiger partial charge in [-0.1, -0.05) is 5.10 Å². The van der Waals surface area contributed by atoms with Gasteiger partial charge in [-0.3, -0.25) is 4.79 Å². The molecule has 0 saturated heterocycles. The standard InChI is InChI=1S/C18H14N5O4/c1-26-14-7-3-12(4-8-14)16(24)17-20-21-22-23(17,11-19)18(25)13-5-9-15(27-2)10-6-13/h3-10H,1-2H3/q+1. The van der Waals surface area contributed by atoms with E-state index in [2.05, 4.69) is 15.5 Å². The van der Waals surface area contributed by atoms with Crippen LogP contribution in [0.25, 0.3) is 0 Å². The number of hydrogen-bond acceptors (Lipinski definition) is 8. The highest BCUT2D eigenvalue weighted by Gasteiger charge is 2.54. The molecular formula is C18H14N5O4+. The van der Waals surface area contributed by atoms with E-state index in [9.17, 15) is 14.9 Å². The molecular weight excluding hydrogens is 350 g/mol. The molecule has 1 atom stereocenters. The van der Waals surface area contributed by atoms with E-state index in [1.165, 1.54) is 38.5 Å². The molecule has 0 fully saturated rings. The second-order valence-corrected chi connectivity index (χ2v) is 5.43. The number of benzene rings is 2. The smallest absolute Gasteiger partial charge is 0.395 e. The van der Waals surface area contributed by atoms with Crippen molar-refractivity contribution in [1.29, 1.82) is 5.26 Å². The Morgan fingerprint density at radius 1 is 0.926 bits per heavy atom. The van der Waals surface area contributed by atoms with Crippen LogP contribution in [0.15, 0.2) is 64.1 Å². The first-order chi connectivity index (χ1) is 13.1. The van der Waals surface area contributed by atoms with Gasteiger partial charge in [-0.15, -0.1) is 5.26 Å². The first-order valence-electron chi connectivity index (χ1n) is 7.74. The maximum absolute atomic E-state index is 12.9. The average molecular weight is 364 g/mol. The zero-order valence-corrected chi connectivity index (χ0v) is 14.5. The monoisotopic (exact) mass is 364 g/mol. The third kappa shape index (κ3) is 3.05. The van der Waals surface area contributed by atoms with E-state index >= 15 is 0 Å². The van der Waals surface area contributed by atoms with Gasteiger partial charge >= 0.3 is 17.9 Å². The molecule has 9 heteroatoms. The van der Waals surface area contributed by atoms with Crippen molar-refractivity contribution in [2.75, 3.05) is 14.2 Å². The van der Waals surface area contributed by atoms with E-state index in [0.717, 1.165) is 0 Å². The first-order valence-corrected chi connectivity index (χ1v) is 7.74. The van der Waals surface area contributed by atoms with Crippen LogP contribution in [0, 0.1) is 11.5 Å². The number of quaternary nitrogens is 1. The lowest BCUT2D eigenvalue weighted by molar-refractivity contribution is -0.690. The summed E-state index contributed by atoms with van der Waals surface area (Å²) in [5, 5.41) is 20.4. The third-order valence-corrected chi connectivity index (χ3v) is 3.95. The number of hydrogen-bond donors (Lipinski definition) is 0. The summed E-state index contributed by atoms with van der Waals surface area (Å²) in [4.78, 5) is 25.8. The van der Waals surface area contributed by atoms with Crippen molar-refractivity contribution < 1.29 is 23.7 Å². The fraction of sp³-hybridized carbons (Fsp3) is 0.111. The molecule has 1 aliphatic heterocycles. The molecule has 134 valence electrons. The summed E-state index contributed by atoms with van der Waals surface area (Å²) < 4.78 is 8.79. The second-order valence-electron chi connectivity index (χ2n) is 5.43. The number of nitriles is 1. The van der Waals surface area contributed by atoms with Gasteiger partial charge < -0.3 is 9.47 Å². The summed E-state index contributed by atoms with van der Waals surface area (Å²) in [6.07, 6.45) is 1.75. The summed E-state index contributed by atoms with van der Waals surface area (Å²) in [5.41, 5.74) is 0.385. The lowest BCUT2D eigenvalue weighted by atomic mass is 10.1. The minimum absolute atomic E-state index is 0.161. The molecule has 1 heterocycles. The molecule has 0 bridgehead atoms. The van der Waals surface area contributed by atoms with Gasteiger partial charge in [0.15, 0.2) is 0 Å². The minimum atomic E-state index is -1.31. The Morgan fingerprint density at radius 3 is 1.93 bits per heavy atom. The van der Waals surface area contributed by atoms with Crippen LogP contribution >= 0.6 is 0 Å². The molecule has 0 aromatic heterocycles. The molecule has 27 heavy (non-hydrogen) atoms. The molecule has 0 spiro atoms. The Bertz CT molecular complexity index is 990. The molecule has 2 aromatic carbocycles. The first kappa shape index (κ1) is 17.9. The van der Waals surface area contributed by atoms with Gasteiger partial charge in [0.05, 0.1) is 25.0 Å². The number of ketones is 1. The number of rotatable bonds is 5. The van der Waals surface area contributed by atoms with Crippen molar-refractivity contribution in [3.8, 4) is 17.7 Å². The van der Waals surface area contributed by atoms with Gasteiger partial charge in [-0.2, -0.15) is 0 Å². The topological polar surface area (TPSA) is 113 Å². The lowest BCUT2D eigenvalue weighted by Gasteiger charge is -2.14. The third-order valence-electron chi connectivity index (χ3n) is 3.95. The van der Waals surface area contributed by atoms with Crippen molar-refractivity contribution in [3.63, 3.8) is 0 Å². The van der Waals surface area contributed by atoms with Crippen LogP contribution in [0.4, 0.5) is 0 Å². The van der Waals surface area contributed by atoms with Crippen LogP contribution in [0.1, 0.15) is 20.7 Å². The summed E-state index contributed by atoms with van der Waals surface area (Å²) in [6.45, 7) is 0. The molecule has 1 unspecified atom stereocenters. The number of amidine groups is 1. The van der Waals surface area contributed by atoms with Gasteiger partial charge in [0.2, 0.25) is 0 Å². The van der Waals surface area contributed by atoms with Crippen molar-refractivity contribution in [3.05, 3.63) is 59.7 Å². The molecule has 9 nitrogen and oxygen atoms in total. The van der Waals surface area contributed by atoms with Crippen molar-refractivity contribution in [2.24, 2.45) is 15.5 Å². The van der Waals surface area contributed by atoms with Crippen LogP contribution in [0.5, 0.6) is 11.5 Å². The zero-order valence-electron chi connectivity index (χ0n) is 14.5. The van der Waals surface area contributed by atoms with E-state index in [1.54, 1.807) is 30.5 Å². The SMILES string of the molecule is COc1ccc(C(=O)C2=NN=N[N+]2(C#N)C(=O)c2ccc(OC)cc2)cc1. The Hall–Kier alpha value is -3.90. The predicted octanol–water partition coefficient (Wildman–Crippen LogP) is 2.72. The summed E-state index contributed by atoms with van der Waals surface area (Å²) in [5.74, 6) is -0.678. The van der Waals surface area contributed by atoms with Gasteiger partial charge in [-0.25, -0.2) is 4.79 Å². The Kier molecular flexibility index (Phi) is 4.74. The Balaban J connectivity index is 1.96. The second kappa shape index (κ2) is 7.15. The Morgan fingerprint density at radius 2 is 1.44 bits per heavy atom. The van der Waals surface area contributed by atoms with Crippen molar-refractivity contribution in [2.45, 2.75) is 0 Å². The molecule has 3 rings (SSSR count). The molecule has 2 aromatic rings. The fourth-order valence-electron chi connectivity index (χ4n) is 2.46. The summed E-state index contributed by atoms with van der Waals surface area (Å²) in [6, 6.07) is 12.3. The fourth-order valence-corrected chi connectivity index (χ4v) is 2.46. The molecule has 1 aliphatic rings. The van der Waals surface area contributed by atoms with Gasteiger partial charge in [0.25, 0.3) is 5.78 Å². The number of carbonyl (C=O) groups excluding carboxylic acids is 2. The molecule has 0 radical (unpaired) electrons. The maximum Gasteiger partial charge on any atom is 0.395 e. The number of methoxy groups -OCH3 is 2. The Labute approximate surface area is 154 Å². The average Bonchev–Trinajstić information content (AvgIpc) is 3.18. The van der Waals surface area contributed by atoms with Crippen molar-refractivity contribution >= 4 is 17.5 Å². The van der Waals surface area contributed by atoms with Gasteiger partial charge in [0, 0.05) is 15.4 Å². The van der Waals surface area contributed by atoms with E-state index in [0.29, 0.717) is 11.5 Å². The number of ether oxygens (including phenoxy) is 2. The molecule has 0 saturated carbocycles. The highest BCUT2D eigenvalue weighted by atomic mass is 16.5. The predicted molar refractivity (Wildman–Crippen MR) is 92.8 cm³/mol. The maximum atomic E-state index is 12.9. The normalized spacial score (nSPS) is 17.7. The number of Topliss-reactive ketones (excluding diaryl/α,β-unsaturated/α-hetero) is 1. The van der Waals surface area contributed by atoms with Crippen LogP contribution in [0.3, 0.4) is 0 Å². The highest BCUT2D eigenvalue weighted by molar-refractivity contribution is 6.44. The molecule has 0 N–H and O–H groups in total. The van der Waals surface area contributed by atoms with E-state index in [1.807, 2.05) is 0 Å². The quantitative estimate of drug-likeness (QED) is 0.460. The number of amides is 1. The number of nitrogens with zero attached hydrogens (tertiary/aromatic N) is 5. The van der Waals surface area contributed by atoms with Crippen LogP contribution in [-0.2, 0) is 0 Å². The van der Waals surface area contributed by atoms with Crippen LogP contribution in [-0.4, -0.2) is 36.3 Å². The van der Waals surface area contributed by atoms with Crippen LogP contribution < -0.4 is 9.47 Å². The van der Waals surface area contributed by atoms with Crippen LogP contribution in [0.2, 0.25) is 0 Å². The van der Waals surface area contributed by atoms with E-state index in [4.69, 9.17) is 9.47 Å². The van der Waals surface area contributed by atoms with Crippen molar-refractivity contribution in [1.82, 2.24) is 0 Å². The van der Waals surface area contributed by atoms with Gasteiger partial charge in [0.1, 0.15) is 11.5 Å². The highest BCUT2D eigenvalue weighted by Crippen LogP contribution is 2.25. The largest absolute Gasteiger partial charge is 0.497 e. The lowest BCUT2D eigenvalue weighted by Crippen LogP contribution is -2.50. The zero-order chi connectivity index (χ0) is 19.4. The summed E-state index contributed by atoms with van der Waals surface area (Å²) >= 11 is 0. The minimum Gasteiger partial charge on any atom is -0.497 e. The molecule has 0 aliphatic carbocycles. The van der Waals surface area contributed by atoms with E-state index in [-0.39, 0.29) is 11.1 Å². The van der Waals surface area contributed by atoms with Gasteiger partial charge in [-0.05, 0) is 48.5 Å².